The van der Waals surface area contributed by atoms with Gasteiger partial charge < -0.3 is 0 Å². The van der Waals surface area contributed by atoms with Gasteiger partial charge in [0.15, 0.2) is 0 Å². The Hall–Kier alpha value is -0.770. The van der Waals surface area contributed by atoms with Gasteiger partial charge in [0, 0.05) is 0 Å². The van der Waals surface area contributed by atoms with E-state index in [4.69, 9.17) is 34.8 Å². The molecule has 2 rings (SSSR count). The lowest BCUT2D eigenvalue weighted by molar-refractivity contribution is 0.649. The van der Waals surface area contributed by atoms with Gasteiger partial charge in [-0.05, 0) is 24.1 Å². The number of rotatable bonds is 4. The SMILES string of the molecule is CCC(Cl)c1cn(Cc2ccc(Cl)c(Cl)c2)nn1. The first-order valence-corrected chi connectivity index (χ1v) is 6.77. The van der Waals surface area contributed by atoms with Gasteiger partial charge in [-0.25, -0.2) is 4.68 Å². The lowest BCUT2D eigenvalue weighted by Gasteiger charge is -2.03. The highest BCUT2D eigenvalue weighted by atomic mass is 35.5. The molecule has 18 heavy (non-hydrogen) atoms. The molecule has 0 saturated heterocycles. The first-order valence-electron chi connectivity index (χ1n) is 5.58. The summed E-state index contributed by atoms with van der Waals surface area (Å²) in [7, 11) is 0. The summed E-state index contributed by atoms with van der Waals surface area (Å²) in [6.07, 6.45) is 2.68. The van der Waals surface area contributed by atoms with Crippen LogP contribution in [0.3, 0.4) is 0 Å². The summed E-state index contributed by atoms with van der Waals surface area (Å²) in [4.78, 5) is 0. The summed E-state index contributed by atoms with van der Waals surface area (Å²) in [5.41, 5.74) is 1.81. The van der Waals surface area contributed by atoms with E-state index in [-0.39, 0.29) is 5.38 Å². The Bertz CT molecular complexity index is 539. The molecule has 0 aliphatic heterocycles. The van der Waals surface area contributed by atoms with Crippen LogP contribution in [-0.2, 0) is 6.54 Å². The van der Waals surface area contributed by atoms with E-state index in [1.54, 1.807) is 10.7 Å². The van der Waals surface area contributed by atoms with Gasteiger partial charge in [-0.2, -0.15) is 0 Å². The maximum atomic E-state index is 6.10. The number of halogens is 3. The molecule has 1 unspecified atom stereocenters. The fourth-order valence-corrected chi connectivity index (χ4v) is 1.99. The normalized spacial score (nSPS) is 12.7. The minimum atomic E-state index is -0.0902. The number of benzene rings is 1. The summed E-state index contributed by atoms with van der Waals surface area (Å²) in [5.74, 6) is 0. The lowest BCUT2D eigenvalue weighted by atomic mass is 10.2. The average Bonchev–Trinajstić information content (AvgIpc) is 2.81. The van der Waals surface area contributed by atoms with Crippen molar-refractivity contribution in [1.29, 1.82) is 0 Å². The molecule has 0 aliphatic carbocycles. The molecule has 0 amide bonds. The van der Waals surface area contributed by atoms with Gasteiger partial charge in [-0.3, -0.25) is 0 Å². The zero-order valence-electron chi connectivity index (χ0n) is 9.78. The molecule has 6 heteroatoms. The molecule has 1 aromatic heterocycles. The fraction of sp³-hybridized carbons (Fsp3) is 0.333. The maximum Gasteiger partial charge on any atom is 0.101 e. The van der Waals surface area contributed by atoms with Crippen LogP contribution in [0.25, 0.3) is 0 Å². The van der Waals surface area contributed by atoms with Crippen LogP contribution in [0, 0.1) is 0 Å². The van der Waals surface area contributed by atoms with Crippen LogP contribution in [0.4, 0.5) is 0 Å². The Morgan fingerprint density at radius 3 is 2.72 bits per heavy atom. The van der Waals surface area contributed by atoms with Crippen LogP contribution in [0.15, 0.2) is 24.4 Å². The summed E-state index contributed by atoms with van der Waals surface area (Å²) < 4.78 is 1.74. The van der Waals surface area contributed by atoms with Gasteiger partial charge in [0.2, 0.25) is 0 Å². The largest absolute Gasteiger partial charge is 0.248 e. The van der Waals surface area contributed by atoms with Crippen molar-refractivity contribution < 1.29 is 0 Å². The topological polar surface area (TPSA) is 30.7 Å². The van der Waals surface area contributed by atoms with Gasteiger partial charge >= 0.3 is 0 Å². The highest BCUT2D eigenvalue weighted by Crippen LogP contribution is 2.24. The zero-order chi connectivity index (χ0) is 13.1. The second-order valence-electron chi connectivity index (χ2n) is 3.97. The van der Waals surface area contributed by atoms with Crippen LogP contribution in [0.5, 0.6) is 0 Å². The van der Waals surface area contributed by atoms with Gasteiger partial charge in [0.25, 0.3) is 0 Å². The molecule has 1 heterocycles. The molecule has 1 aromatic carbocycles. The van der Waals surface area contributed by atoms with Crippen LogP contribution in [-0.4, -0.2) is 15.0 Å². The third-order valence-electron chi connectivity index (χ3n) is 2.56. The standard InChI is InChI=1S/C12H12Cl3N3/c1-2-9(13)12-7-18(17-16-12)6-8-3-4-10(14)11(15)5-8/h3-5,7,9H,2,6H2,1H3. The van der Waals surface area contributed by atoms with Gasteiger partial charge in [0.1, 0.15) is 5.69 Å². The molecule has 2 aromatic rings. The quantitative estimate of drug-likeness (QED) is 0.787. The summed E-state index contributed by atoms with van der Waals surface area (Å²) in [6.45, 7) is 2.60. The van der Waals surface area contributed by atoms with Crippen LogP contribution < -0.4 is 0 Å². The van der Waals surface area contributed by atoms with Crippen LogP contribution in [0.2, 0.25) is 10.0 Å². The molecule has 3 nitrogen and oxygen atoms in total. The van der Waals surface area contributed by atoms with Crippen molar-refractivity contribution in [3.05, 3.63) is 45.7 Å². The van der Waals surface area contributed by atoms with Crippen molar-refractivity contribution in [2.45, 2.75) is 25.3 Å². The first-order chi connectivity index (χ1) is 8.60. The number of hydrogen-bond acceptors (Lipinski definition) is 2. The predicted octanol–water partition coefficient (Wildman–Crippen LogP) is 4.32. The van der Waals surface area contributed by atoms with E-state index >= 15 is 0 Å². The van der Waals surface area contributed by atoms with Crippen LogP contribution >= 0.6 is 34.8 Å². The average molecular weight is 305 g/mol. The van der Waals surface area contributed by atoms with E-state index in [0.717, 1.165) is 17.7 Å². The van der Waals surface area contributed by atoms with Crippen molar-refractivity contribution in [3.8, 4) is 0 Å². The molecule has 0 spiro atoms. The molecule has 0 fully saturated rings. The highest BCUT2D eigenvalue weighted by molar-refractivity contribution is 6.42. The van der Waals surface area contributed by atoms with Gasteiger partial charge in [-0.15, -0.1) is 16.7 Å². The Kier molecular flexibility index (Phi) is 4.49. The minimum absolute atomic E-state index is 0.0902. The highest BCUT2D eigenvalue weighted by Gasteiger charge is 2.10. The first kappa shape index (κ1) is 13.7. The van der Waals surface area contributed by atoms with E-state index < -0.39 is 0 Å². The van der Waals surface area contributed by atoms with Gasteiger partial charge in [-0.1, -0.05) is 41.4 Å². The molecular weight excluding hydrogens is 293 g/mol. The Morgan fingerprint density at radius 2 is 2.06 bits per heavy atom. The predicted molar refractivity (Wildman–Crippen MR) is 74.5 cm³/mol. The van der Waals surface area contributed by atoms with E-state index in [0.29, 0.717) is 16.6 Å². The molecule has 0 N–H and O–H groups in total. The van der Waals surface area contributed by atoms with Crippen molar-refractivity contribution in [2.24, 2.45) is 0 Å². The Morgan fingerprint density at radius 1 is 1.28 bits per heavy atom. The molecule has 0 radical (unpaired) electrons. The Labute approximate surface area is 121 Å². The van der Waals surface area contributed by atoms with E-state index in [1.807, 2.05) is 25.3 Å². The van der Waals surface area contributed by atoms with Crippen molar-refractivity contribution in [1.82, 2.24) is 15.0 Å². The number of hydrogen-bond donors (Lipinski definition) is 0. The molecule has 0 saturated carbocycles. The van der Waals surface area contributed by atoms with Gasteiger partial charge in [0.05, 0.1) is 28.2 Å². The molecule has 96 valence electrons. The zero-order valence-corrected chi connectivity index (χ0v) is 12.0. The summed E-state index contributed by atoms with van der Waals surface area (Å²) >= 11 is 17.9. The second kappa shape index (κ2) is 5.91. The summed E-state index contributed by atoms with van der Waals surface area (Å²) in [5, 5.41) is 9.08. The van der Waals surface area contributed by atoms with Crippen LogP contribution in [0.1, 0.15) is 30.0 Å². The molecule has 1 atom stereocenters. The van der Waals surface area contributed by atoms with Crippen molar-refractivity contribution in [3.63, 3.8) is 0 Å². The molecule has 0 aliphatic rings. The Balaban J connectivity index is 2.13. The van der Waals surface area contributed by atoms with Crippen molar-refractivity contribution >= 4 is 34.8 Å². The summed E-state index contributed by atoms with van der Waals surface area (Å²) in [6, 6.07) is 5.50. The number of aromatic nitrogens is 3. The van der Waals surface area contributed by atoms with E-state index in [2.05, 4.69) is 10.3 Å². The third kappa shape index (κ3) is 3.16. The fourth-order valence-electron chi connectivity index (χ4n) is 1.57. The third-order valence-corrected chi connectivity index (χ3v) is 3.84. The van der Waals surface area contributed by atoms with Crippen molar-refractivity contribution in [2.75, 3.05) is 0 Å². The minimum Gasteiger partial charge on any atom is -0.248 e. The second-order valence-corrected chi connectivity index (χ2v) is 5.31. The van der Waals surface area contributed by atoms with E-state index in [9.17, 15) is 0 Å². The maximum absolute atomic E-state index is 6.10. The number of alkyl halides is 1. The molecule has 0 bridgehead atoms. The monoisotopic (exact) mass is 303 g/mol. The number of nitrogens with zero attached hydrogens (tertiary/aromatic N) is 3. The smallest absolute Gasteiger partial charge is 0.101 e. The van der Waals surface area contributed by atoms with E-state index in [1.165, 1.54) is 0 Å². The lowest BCUT2D eigenvalue weighted by Crippen LogP contribution is -2.00. The molecular formula is C12H12Cl3N3.